The van der Waals surface area contributed by atoms with E-state index in [1.807, 2.05) is 0 Å². The molecule has 0 aliphatic carbocycles. The van der Waals surface area contributed by atoms with Crippen molar-refractivity contribution in [3.05, 3.63) is 29.6 Å². The molecule has 1 aromatic rings. The average Bonchev–Trinajstić information content (AvgIpc) is 2.52. The molecular weight excluding hydrogens is 291 g/mol. The number of amides is 2. The Balaban J connectivity index is 1.88. The molecule has 1 heterocycles. The number of hydrogen-bond donors (Lipinski definition) is 2. The van der Waals surface area contributed by atoms with Crippen molar-refractivity contribution >= 4 is 12.0 Å². The Kier molecular flexibility index (Phi) is 5.19. The number of carboxylic acid groups (broad SMARTS) is 1. The van der Waals surface area contributed by atoms with Crippen LogP contribution in [0.5, 0.6) is 5.75 Å². The van der Waals surface area contributed by atoms with Gasteiger partial charge in [0, 0.05) is 25.2 Å². The number of carbonyl (C=O) groups excluding carboxylic acids is 1. The molecule has 1 aliphatic heterocycles. The maximum absolute atomic E-state index is 13.2. The number of nitrogens with zero attached hydrogens (tertiary/aromatic N) is 1. The number of methoxy groups -OCH3 is 1. The first-order valence-electron chi connectivity index (χ1n) is 7.09. The highest BCUT2D eigenvalue weighted by Gasteiger charge is 2.26. The number of hydrogen-bond acceptors (Lipinski definition) is 3. The lowest BCUT2D eigenvalue weighted by atomic mass is 9.97. The van der Waals surface area contributed by atoms with Crippen LogP contribution < -0.4 is 10.1 Å². The molecule has 0 radical (unpaired) electrons. The van der Waals surface area contributed by atoms with E-state index >= 15 is 0 Å². The van der Waals surface area contributed by atoms with Crippen molar-refractivity contribution in [1.29, 1.82) is 0 Å². The first-order valence-corrected chi connectivity index (χ1v) is 7.09. The lowest BCUT2D eigenvalue weighted by molar-refractivity contribution is -0.143. The first kappa shape index (κ1) is 16.1. The summed E-state index contributed by atoms with van der Waals surface area (Å²) >= 11 is 0. The molecule has 2 N–H and O–H groups in total. The van der Waals surface area contributed by atoms with E-state index in [0.717, 1.165) is 0 Å². The number of ether oxygens (including phenoxy) is 1. The monoisotopic (exact) mass is 310 g/mol. The lowest BCUT2D eigenvalue weighted by Gasteiger charge is -2.30. The second-order valence-corrected chi connectivity index (χ2v) is 5.21. The summed E-state index contributed by atoms with van der Waals surface area (Å²) in [6.07, 6.45) is 0.901. The fourth-order valence-electron chi connectivity index (χ4n) is 2.50. The number of piperidine rings is 1. The molecule has 1 saturated heterocycles. The molecule has 2 amide bonds. The van der Waals surface area contributed by atoms with Gasteiger partial charge in [-0.15, -0.1) is 0 Å². The van der Waals surface area contributed by atoms with Gasteiger partial charge in [0.15, 0.2) is 0 Å². The third-order valence-electron chi connectivity index (χ3n) is 3.80. The molecule has 1 aliphatic rings. The van der Waals surface area contributed by atoms with E-state index in [4.69, 9.17) is 9.84 Å². The van der Waals surface area contributed by atoms with Crippen LogP contribution in [0.3, 0.4) is 0 Å². The number of halogens is 1. The molecule has 0 saturated carbocycles. The van der Waals surface area contributed by atoms with E-state index < -0.39 is 11.8 Å². The van der Waals surface area contributed by atoms with E-state index in [0.29, 0.717) is 37.2 Å². The Bertz CT molecular complexity index is 556. The fourth-order valence-corrected chi connectivity index (χ4v) is 2.50. The number of nitrogens with one attached hydrogen (secondary N) is 1. The van der Waals surface area contributed by atoms with Crippen LogP contribution in [0.4, 0.5) is 9.18 Å². The number of likely N-dealkylation sites (tertiary alicyclic amines) is 1. The molecule has 0 bridgehead atoms. The minimum atomic E-state index is -0.815. The highest BCUT2D eigenvalue weighted by Crippen LogP contribution is 2.20. The van der Waals surface area contributed by atoms with Gasteiger partial charge >= 0.3 is 12.0 Å². The first-order chi connectivity index (χ1) is 10.5. The minimum Gasteiger partial charge on any atom is -0.496 e. The van der Waals surface area contributed by atoms with Gasteiger partial charge < -0.3 is 20.1 Å². The third-order valence-corrected chi connectivity index (χ3v) is 3.80. The average molecular weight is 310 g/mol. The molecule has 0 unspecified atom stereocenters. The van der Waals surface area contributed by atoms with Gasteiger partial charge in [-0.1, -0.05) is 0 Å². The van der Waals surface area contributed by atoms with Crippen LogP contribution in [0.2, 0.25) is 0 Å². The number of urea groups is 1. The van der Waals surface area contributed by atoms with Gasteiger partial charge in [0.05, 0.1) is 13.0 Å². The van der Waals surface area contributed by atoms with Crippen LogP contribution in [0, 0.1) is 11.7 Å². The molecule has 6 nitrogen and oxygen atoms in total. The Hall–Kier alpha value is -2.31. The lowest BCUT2D eigenvalue weighted by Crippen LogP contribution is -2.45. The van der Waals surface area contributed by atoms with Gasteiger partial charge in [0.1, 0.15) is 11.6 Å². The van der Waals surface area contributed by atoms with Crippen molar-refractivity contribution < 1.29 is 23.8 Å². The van der Waals surface area contributed by atoms with Crippen molar-refractivity contribution in [3.63, 3.8) is 0 Å². The second kappa shape index (κ2) is 7.11. The summed E-state index contributed by atoms with van der Waals surface area (Å²) < 4.78 is 18.4. The molecule has 1 aromatic carbocycles. The van der Waals surface area contributed by atoms with E-state index in [9.17, 15) is 14.0 Å². The Labute approximate surface area is 127 Å². The highest BCUT2D eigenvalue weighted by molar-refractivity contribution is 5.75. The Morgan fingerprint density at radius 2 is 2.09 bits per heavy atom. The zero-order chi connectivity index (χ0) is 16.1. The van der Waals surface area contributed by atoms with Crippen molar-refractivity contribution in [2.24, 2.45) is 5.92 Å². The summed E-state index contributed by atoms with van der Waals surface area (Å²) in [5.74, 6) is -1.09. The molecule has 22 heavy (non-hydrogen) atoms. The summed E-state index contributed by atoms with van der Waals surface area (Å²) in [6.45, 7) is 0.963. The van der Waals surface area contributed by atoms with Gasteiger partial charge in [0.25, 0.3) is 0 Å². The van der Waals surface area contributed by atoms with Crippen molar-refractivity contribution in [3.8, 4) is 5.75 Å². The van der Waals surface area contributed by atoms with Gasteiger partial charge in [-0.25, -0.2) is 9.18 Å². The predicted octanol–water partition coefficient (Wildman–Crippen LogP) is 1.84. The van der Waals surface area contributed by atoms with Crippen LogP contribution in [0.25, 0.3) is 0 Å². The second-order valence-electron chi connectivity index (χ2n) is 5.21. The minimum absolute atomic E-state index is 0.151. The quantitative estimate of drug-likeness (QED) is 0.889. The molecule has 0 spiro atoms. The van der Waals surface area contributed by atoms with E-state index in [2.05, 4.69) is 5.32 Å². The van der Waals surface area contributed by atoms with Crippen LogP contribution in [0.15, 0.2) is 18.2 Å². The number of benzene rings is 1. The normalized spacial score (nSPS) is 15.5. The van der Waals surface area contributed by atoms with Gasteiger partial charge in [-0.3, -0.25) is 4.79 Å². The summed E-state index contributed by atoms with van der Waals surface area (Å²) in [5, 5.41) is 11.6. The van der Waals surface area contributed by atoms with Crippen molar-refractivity contribution in [1.82, 2.24) is 10.2 Å². The predicted molar refractivity (Wildman–Crippen MR) is 77.1 cm³/mol. The third kappa shape index (κ3) is 3.87. The standard InChI is InChI=1S/C15H19FN2O4/c1-22-13-3-2-12(16)8-11(13)9-17-15(21)18-6-4-10(5-7-18)14(19)20/h2-3,8,10H,4-7,9H2,1H3,(H,17,21)(H,19,20). The van der Waals surface area contributed by atoms with Gasteiger partial charge in [-0.05, 0) is 31.0 Å². The number of aliphatic carboxylic acids is 1. The summed E-state index contributed by atoms with van der Waals surface area (Å²) in [5.41, 5.74) is 0.552. The largest absolute Gasteiger partial charge is 0.496 e. The van der Waals surface area contributed by atoms with Crippen LogP contribution in [-0.2, 0) is 11.3 Å². The Morgan fingerprint density at radius 1 is 1.41 bits per heavy atom. The van der Waals surface area contributed by atoms with Gasteiger partial charge in [0.2, 0.25) is 0 Å². The molecule has 7 heteroatoms. The van der Waals surface area contributed by atoms with E-state index in [1.54, 1.807) is 4.90 Å². The van der Waals surface area contributed by atoms with Crippen molar-refractivity contribution in [2.75, 3.05) is 20.2 Å². The molecule has 0 atom stereocenters. The Morgan fingerprint density at radius 3 is 2.68 bits per heavy atom. The van der Waals surface area contributed by atoms with E-state index in [-0.39, 0.29) is 18.5 Å². The zero-order valence-electron chi connectivity index (χ0n) is 12.3. The topological polar surface area (TPSA) is 78.9 Å². The number of carboxylic acids is 1. The highest BCUT2D eigenvalue weighted by atomic mass is 19.1. The molecule has 2 rings (SSSR count). The fraction of sp³-hybridized carbons (Fsp3) is 0.467. The zero-order valence-corrected chi connectivity index (χ0v) is 12.3. The smallest absolute Gasteiger partial charge is 0.317 e. The maximum Gasteiger partial charge on any atom is 0.317 e. The van der Waals surface area contributed by atoms with Crippen LogP contribution >= 0.6 is 0 Å². The van der Waals surface area contributed by atoms with Crippen LogP contribution in [-0.4, -0.2) is 42.2 Å². The molecule has 120 valence electrons. The number of carbonyl (C=O) groups is 2. The van der Waals surface area contributed by atoms with Crippen LogP contribution in [0.1, 0.15) is 18.4 Å². The van der Waals surface area contributed by atoms with Gasteiger partial charge in [-0.2, -0.15) is 0 Å². The molecule has 1 fully saturated rings. The summed E-state index contributed by atoms with van der Waals surface area (Å²) in [4.78, 5) is 24.5. The summed E-state index contributed by atoms with van der Waals surface area (Å²) in [6, 6.07) is 3.83. The maximum atomic E-state index is 13.2. The SMILES string of the molecule is COc1ccc(F)cc1CNC(=O)N1CCC(C(=O)O)CC1. The number of rotatable bonds is 4. The van der Waals surface area contributed by atoms with Crippen molar-refractivity contribution in [2.45, 2.75) is 19.4 Å². The molecular formula is C15H19FN2O4. The summed E-state index contributed by atoms with van der Waals surface area (Å²) in [7, 11) is 1.48. The molecule has 0 aromatic heterocycles. The van der Waals surface area contributed by atoms with E-state index in [1.165, 1.54) is 25.3 Å².